The molecule has 2 amide bonds. The number of ether oxygens (including phenoxy) is 2. The Morgan fingerprint density at radius 1 is 0.844 bits per heavy atom. The van der Waals surface area contributed by atoms with Gasteiger partial charge in [0, 0.05) is 6.42 Å². The Morgan fingerprint density at radius 2 is 1.47 bits per heavy atom. The van der Waals surface area contributed by atoms with Gasteiger partial charge in [-0.25, -0.2) is 9.59 Å². The molecule has 1 aliphatic heterocycles. The normalized spacial score (nSPS) is 13.5. The molecule has 32 heavy (non-hydrogen) atoms. The first kappa shape index (κ1) is 21.0. The summed E-state index contributed by atoms with van der Waals surface area (Å²) < 4.78 is 10.2. The number of methoxy groups -OCH3 is 1. The molecule has 0 aromatic heterocycles. The second kappa shape index (κ2) is 8.85. The average molecular weight is 429 g/mol. The average Bonchev–Trinajstić information content (AvgIpc) is 3.08. The van der Waals surface area contributed by atoms with Crippen LogP contribution in [0.5, 0.6) is 5.75 Å². The molecule has 4 rings (SSSR count). The van der Waals surface area contributed by atoms with Gasteiger partial charge in [0.1, 0.15) is 11.8 Å². The zero-order chi connectivity index (χ0) is 22.7. The van der Waals surface area contributed by atoms with Gasteiger partial charge in [-0.1, -0.05) is 48.5 Å². The molecule has 160 valence electrons. The highest BCUT2D eigenvalue weighted by Crippen LogP contribution is 2.27. The van der Waals surface area contributed by atoms with Gasteiger partial charge in [-0.05, 0) is 35.9 Å². The maximum Gasteiger partial charge on any atom is 0.337 e. The molecule has 0 N–H and O–H groups in total. The number of amides is 2. The summed E-state index contributed by atoms with van der Waals surface area (Å²) in [6.45, 7) is 0. The molecule has 7 heteroatoms. The number of carbonyl (C=O) groups excluding carboxylic acids is 4. The van der Waals surface area contributed by atoms with E-state index in [4.69, 9.17) is 9.47 Å². The fraction of sp³-hybridized carbons (Fsp3) is 0.120. The molecule has 0 radical (unpaired) electrons. The fourth-order valence-corrected chi connectivity index (χ4v) is 3.60. The summed E-state index contributed by atoms with van der Waals surface area (Å²) in [5.41, 5.74) is 1.46. The number of carbonyl (C=O) groups is 4. The van der Waals surface area contributed by atoms with Crippen molar-refractivity contribution in [2.75, 3.05) is 7.11 Å². The predicted octanol–water partition coefficient (Wildman–Crippen LogP) is 3.29. The number of esters is 2. The number of rotatable bonds is 6. The van der Waals surface area contributed by atoms with Crippen LogP contribution in [0.3, 0.4) is 0 Å². The zero-order valence-corrected chi connectivity index (χ0v) is 17.2. The van der Waals surface area contributed by atoms with E-state index in [-0.39, 0.29) is 28.9 Å². The van der Waals surface area contributed by atoms with Crippen molar-refractivity contribution >= 4 is 23.8 Å². The Bertz CT molecular complexity index is 1170. The van der Waals surface area contributed by atoms with E-state index in [0.717, 1.165) is 10.5 Å². The molecule has 0 bridgehead atoms. The number of nitrogens with zero attached hydrogens (tertiary/aromatic N) is 1. The van der Waals surface area contributed by atoms with E-state index in [1.807, 2.05) is 6.07 Å². The minimum atomic E-state index is -1.19. The Balaban J connectivity index is 1.66. The number of fused-ring (bicyclic) bond motifs is 1. The lowest BCUT2D eigenvalue weighted by Crippen LogP contribution is -2.48. The lowest BCUT2D eigenvalue weighted by Gasteiger charge is -2.24. The van der Waals surface area contributed by atoms with Crippen molar-refractivity contribution in [2.24, 2.45) is 0 Å². The lowest BCUT2D eigenvalue weighted by molar-refractivity contribution is -0.138. The monoisotopic (exact) mass is 429 g/mol. The van der Waals surface area contributed by atoms with E-state index in [9.17, 15) is 19.2 Å². The van der Waals surface area contributed by atoms with E-state index >= 15 is 0 Å². The van der Waals surface area contributed by atoms with Gasteiger partial charge in [-0.2, -0.15) is 0 Å². The van der Waals surface area contributed by atoms with Gasteiger partial charge >= 0.3 is 11.9 Å². The maximum atomic E-state index is 13.2. The molecule has 0 unspecified atom stereocenters. The van der Waals surface area contributed by atoms with E-state index in [1.54, 1.807) is 54.6 Å². The standard InChI is InChI=1S/C25H19NO6/c1-31-24(29)17-10-7-11-18(15-17)32-25(30)21(14-16-8-3-2-4-9-16)26-22(27)19-12-5-6-13-20(19)23(26)28/h2-13,15,21H,14H2,1H3/t21-/m1/s1. The molecule has 0 saturated heterocycles. The molecule has 3 aromatic rings. The Hall–Kier alpha value is -4.26. The van der Waals surface area contributed by atoms with Crippen LogP contribution in [-0.4, -0.2) is 41.8 Å². The molecule has 3 aromatic carbocycles. The Kier molecular flexibility index (Phi) is 5.81. The second-order valence-corrected chi connectivity index (χ2v) is 7.17. The first-order valence-electron chi connectivity index (χ1n) is 9.90. The Labute approximate surface area is 184 Å². The van der Waals surface area contributed by atoms with Gasteiger partial charge in [0.2, 0.25) is 0 Å². The van der Waals surface area contributed by atoms with Crippen LogP contribution < -0.4 is 4.74 Å². The molecule has 0 spiro atoms. The summed E-state index contributed by atoms with van der Waals surface area (Å²) in [6.07, 6.45) is 0.0852. The van der Waals surface area contributed by atoms with E-state index in [1.165, 1.54) is 25.3 Å². The van der Waals surface area contributed by atoms with Crippen LogP contribution in [0.2, 0.25) is 0 Å². The van der Waals surface area contributed by atoms with Crippen molar-refractivity contribution in [2.45, 2.75) is 12.5 Å². The van der Waals surface area contributed by atoms with Crippen molar-refractivity contribution in [1.82, 2.24) is 4.90 Å². The summed E-state index contributed by atoms with van der Waals surface area (Å²) in [5.74, 6) is -2.36. The summed E-state index contributed by atoms with van der Waals surface area (Å²) in [4.78, 5) is 52.0. The van der Waals surface area contributed by atoms with Crippen LogP contribution >= 0.6 is 0 Å². The minimum absolute atomic E-state index is 0.0852. The van der Waals surface area contributed by atoms with Gasteiger partial charge in [0.05, 0.1) is 23.8 Å². The third-order valence-corrected chi connectivity index (χ3v) is 5.15. The van der Waals surface area contributed by atoms with Gasteiger partial charge in [0.25, 0.3) is 11.8 Å². The van der Waals surface area contributed by atoms with Crippen molar-refractivity contribution < 1.29 is 28.7 Å². The lowest BCUT2D eigenvalue weighted by atomic mass is 10.0. The van der Waals surface area contributed by atoms with Gasteiger partial charge in [-0.3, -0.25) is 14.5 Å². The minimum Gasteiger partial charge on any atom is -0.465 e. The Morgan fingerprint density at radius 3 is 2.09 bits per heavy atom. The SMILES string of the molecule is COC(=O)c1cccc(OC(=O)[C@@H](Cc2ccccc2)N2C(=O)c3ccccc3C2=O)c1. The molecule has 0 fully saturated rings. The molecule has 1 atom stereocenters. The molecular weight excluding hydrogens is 410 g/mol. The summed E-state index contributed by atoms with van der Waals surface area (Å²) in [5, 5.41) is 0. The third kappa shape index (κ3) is 4.00. The topological polar surface area (TPSA) is 90.0 Å². The van der Waals surface area contributed by atoms with E-state index in [2.05, 4.69) is 0 Å². The molecule has 1 heterocycles. The fourth-order valence-electron chi connectivity index (χ4n) is 3.60. The zero-order valence-electron chi connectivity index (χ0n) is 17.2. The highest BCUT2D eigenvalue weighted by Gasteiger charge is 2.43. The molecule has 0 aliphatic carbocycles. The number of hydrogen-bond donors (Lipinski definition) is 0. The van der Waals surface area contributed by atoms with E-state index < -0.39 is 29.8 Å². The van der Waals surface area contributed by atoms with Crippen LogP contribution in [-0.2, 0) is 16.0 Å². The number of hydrogen-bond acceptors (Lipinski definition) is 6. The predicted molar refractivity (Wildman–Crippen MR) is 114 cm³/mol. The van der Waals surface area contributed by atoms with Crippen molar-refractivity contribution in [1.29, 1.82) is 0 Å². The third-order valence-electron chi connectivity index (χ3n) is 5.15. The quantitative estimate of drug-likeness (QED) is 0.339. The summed E-state index contributed by atoms with van der Waals surface area (Å²) in [7, 11) is 1.25. The van der Waals surface area contributed by atoms with Crippen molar-refractivity contribution in [3.8, 4) is 5.75 Å². The van der Waals surface area contributed by atoms with Gasteiger partial charge in [-0.15, -0.1) is 0 Å². The van der Waals surface area contributed by atoms with Crippen LogP contribution in [0.4, 0.5) is 0 Å². The van der Waals surface area contributed by atoms with Gasteiger partial charge < -0.3 is 9.47 Å². The van der Waals surface area contributed by atoms with Crippen LogP contribution in [0.25, 0.3) is 0 Å². The largest absolute Gasteiger partial charge is 0.465 e. The molecular formula is C25H19NO6. The first-order chi connectivity index (χ1) is 15.5. The summed E-state index contributed by atoms with van der Waals surface area (Å²) in [6, 6.07) is 20.2. The maximum absolute atomic E-state index is 13.2. The summed E-state index contributed by atoms with van der Waals surface area (Å²) >= 11 is 0. The van der Waals surface area contributed by atoms with Crippen LogP contribution in [0.1, 0.15) is 36.6 Å². The van der Waals surface area contributed by atoms with Crippen molar-refractivity contribution in [3.05, 3.63) is 101 Å². The second-order valence-electron chi connectivity index (χ2n) is 7.17. The highest BCUT2D eigenvalue weighted by atomic mass is 16.5. The molecule has 0 saturated carbocycles. The molecule has 1 aliphatic rings. The number of benzene rings is 3. The van der Waals surface area contributed by atoms with Crippen LogP contribution in [0.15, 0.2) is 78.9 Å². The smallest absolute Gasteiger partial charge is 0.337 e. The van der Waals surface area contributed by atoms with Gasteiger partial charge in [0.15, 0.2) is 0 Å². The number of imide groups is 1. The molecule has 7 nitrogen and oxygen atoms in total. The highest BCUT2D eigenvalue weighted by molar-refractivity contribution is 6.22. The first-order valence-corrected chi connectivity index (χ1v) is 9.90. The van der Waals surface area contributed by atoms with E-state index in [0.29, 0.717) is 0 Å². The van der Waals surface area contributed by atoms with Crippen molar-refractivity contribution in [3.63, 3.8) is 0 Å². The van der Waals surface area contributed by atoms with Crippen LogP contribution in [0, 0.1) is 0 Å².